The molecule has 0 aromatic carbocycles. The molecule has 1 aliphatic rings. The van der Waals surface area contributed by atoms with Gasteiger partial charge in [-0.1, -0.05) is 6.92 Å². The third-order valence-corrected chi connectivity index (χ3v) is 3.41. The van der Waals surface area contributed by atoms with Gasteiger partial charge in [0.1, 0.15) is 5.60 Å². The van der Waals surface area contributed by atoms with Gasteiger partial charge < -0.3 is 15.0 Å². The third-order valence-electron chi connectivity index (χ3n) is 3.41. The molecule has 0 heterocycles. The SMILES string of the molecule is CCC(NCCCN(C)C(=O)OC(C)(C)C)C1CC1. The predicted octanol–water partition coefficient (Wildman–Crippen LogP) is 3.02. The highest BCUT2D eigenvalue weighted by molar-refractivity contribution is 5.67. The smallest absolute Gasteiger partial charge is 0.410 e. The van der Waals surface area contributed by atoms with E-state index < -0.39 is 5.60 Å². The molecule has 0 aromatic rings. The average molecular weight is 270 g/mol. The topological polar surface area (TPSA) is 41.6 Å². The Hall–Kier alpha value is -0.770. The Bertz CT molecular complexity index is 282. The van der Waals surface area contributed by atoms with Crippen molar-refractivity contribution < 1.29 is 9.53 Å². The zero-order valence-corrected chi connectivity index (χ0v) is 13.2. The molecule has 1 aliphatic carbocycles. The van der Waals surface area contributed by atoms with E-state index in [0.29, 0.717) is 6.04 Å². The average Bonchev–Trinajstić information content (AvgIpc) is 3.10. The molecular formula is C15H30N2O2. The van der Waals surface area contributed by atoms with Gasteiger partial charge in [-0.15, -0.1) is 0 Å². The summed E-state index contributed by atoms with van der Waals surface area (Å²) < 4.78 is 5.31. The van der Waals surface area contributed by atoms with Crippen LogP contribution in [0.4, 0.5) is 4.79 Å². The molecule has 112 valence electrons. The van der Waals surface area contributed by atoms with Crippen LogP contribution in [-0.4, -0.2) is 42.8 Å². The van der Waals surface area contributed by atoms with E-state index >= 15 is 0 Å². The Kier molecular flexibility index (Phi) is 6.11. The van der Waals surface area contributed by atoms with Crippen molar-refractivity contribution in [2.45, 2.75) is 65.0 Å². The largest absolute Gasteiger partial charge is 0.444 e. The van der Waals surface area contributed by atoms with Gasteiger partial charge in [-0.2, -0.15) is 0 Å². The Morgan fingerprint density at radius 1 is 1.42 bits per heavy atom. The van der Waals surface area contributed by atoms with E-state index in [2.05, 4.69) is 12.2 Å². The number of nitrogens with zero attached hydrogens (tertiary/aromatic N) is 1. The highest BCUT2D eigenvalue weighted by Crippen LogP contribution is 2.33. The highest BCUT2D eigenvalue weighted by Gasteiger charge is 2.29. The summed E-state index contributed by atoms with van der Waals surface area (Å²) in [5, 5.41) is 3.60. The molecule has 1 N–H and O–H groups in total. The first-order chi connectivity index (χ1) is 8.83. The van der Waals surface area contributed by atoms with Crippen molar-refractivity contribution in [1.29, 1.82) is 0 Å². The fourth-order valence-electron chi connectivity index (χ4n) is 2.18. The van der Waals surface area contributed by atoms with Crippen molar-refractivity contribution in [3.05, 3.63) is 0 Å². The lowest BCUT2D eigenvalue weighted by Gasteiger charge is -2.25. The minimum Gasteiger partial charge on any atom is -0.444 e. The van der Waals surface area contributed by atoms with E-state index in [1.807, 2.05) is 20.8 Å². The van der Waals surface area contributed by atoms with Crippen molar-refractivity contribution in [3.63, 3.8) is 0 Å². The molecule has 1 atom stereocenters. The van der Waals surface area contributed by atoms with E-state index in [-0.39, 0.29) is 6.09 Å². The quantitative estimate of drug-likeness (QED) is 0.723. The molecule has 1 amide bonds. The summed E-state index contributed by atoms with van der Waals surface area (Å²) in [6.45, 7) is 9.62. The Balaban J connectivity index is 2.12. The zero-order chi connectivity index (χ0) is 14.5. The number of amides is 1. The van der Waals surface area contributed by atoms with Gasteiger partial charge in [0.25, 0.3) is 0 Å². The van der Waals surface area contributed by atoms with Crippen LogP contribution in [0.25, 0.3) is 0 Å². The van der Waals surface area contributed by atoms with E-state index in [1.165, 1.54) is 19.3 Å². The minimum absolute atomic E-state index is 0.235. The zero-order valence-electron chi connectivity index (χ0n) is 13.2. The molecular weight excluding hydrogens is 240 g/mol. The molecule has 0 aliphatic heterocycles. The van der Waals surface area contributed by atoms with Crippen LogP contribution < -0.4 is 5.32 Å². The number of nitrogens with one attached hydrogen (secondary N) is 1. The normalized spacial score (nSPS) is 17.1. The minimum atomic E-state index is -0.414. The lowest BCUT2D eigenvalue weighted by Crippen LogP contribution is -2.37. The lowest BCUT2D eigenvalue weighted by atomic mass is 10.1. The number of carbonyl (C=O) groups excluding carboxylic acids is 1. The summed E-state index contributed by atoms with van der Waals surface area (Å²) in [5.41, 5.74) is -0.414. The van der Waals surface area contributed by atoms with Crippen molar-refractivity contribution in [2.24, 2.45) is 5.92 Å². The first-order valence-corrected chi connectivity index (χ1v) is 7.51. The monoisotopic (exact) mass is 270 g/mol. The first kappa shape index (κ1) is 16.3. The number of carbonyl (C=O) groups is 1. The van der Waals surface area contributed by atoms with Crippen molar-refractivity contribution >= 4 is 6.09 Å². The van der Waals surface area contributed by atoms with Gasteiger partial charge in [0.2, 0.25) is 0 Å². The van der Waals surface area contributed by atoms with Gasteiger partial charge in [-0.25, -0.2) is 4.79 Å². The van der Waals surface area contributed by atoms with Crippen LogP contribution in [0.2, 0.25) is 0 Å². The molecule has 1 saturated carbocycles. The second-order valence-corrected chi connectivity index (χ2v) is 6.56. The summed E-state index contributed by atoms with van der Waals surface area (Å²) in [4.78, 5) is 13.4. The summed E-state index contributed by atoms with van der Waals surface area (Å²) in [5.74, 6) is 0.897. The second kappa shape index (κ2) is 7.13. The van der Waals surface area contributed by atoms with Crippen LogP contribution in [0, 0.1) is 5.92 Å². The maximum absolute atomic E-state index is 11.7. The van der Waals surface area contributed by atoms with Gasteiger partial charge in [-0.3, -0.25) is 0 Å². The molecule has 4 heteroatoms. The Morgan fingerprint density at radius 2 is 2.05 bits per heavy atom. The Morgan fingerprint density at radius 3 is 2.53 bits per heavy atom. The number of hydrogen-bond acceptors (Lipinski definition) is 3. The molecule has 1 unspecified atom stereocenters. The van der Waals surface area contributed by atoms with E-state index in [0.717, 1.165) is 25.4 Å². The molecule has 0 bridgehead atoms. The lowest BCUT2D eigenvalue weighted by molar-refractivity contribution is 0.0297. The van der Waals surface area contributed by atoms with Crippen molar-refractivity contribution in [3.8, 4) is 0 Å². The Labute approximate surface area is 117 Å². The van der Waals surface area contributed by atoms with Gasteiger partial charge >= 0.3 is 6.09 Å². The van der Waals surface area contributed by atoms with E-state index in [4.69, 9.17) is 4.74 Å². The summed E-state index contributed by atoms with van der Waals surface area (Å²) in [6.07, 6.45) is 4.69. The molecule has 19 heavy (non-hydrogen) atoms. The standard InChI is InChI=1S/C15H30N2O2/c1-6-13(12-8-9-12)16-10-7-11-17(5)14(18)19-15(2,3)4/h12-13,16H,6-11H2,1-5H3. The first-order valence-electron chi connectivity index (χ1n) is 7.51. The maximum atomic E-state index is 11.7. The second-order valence-electron chi connectivity index (χ2n) is 6.56. The van der Waals surface area contributed by atoms with Crippen LogP contribution in [-0.2, 0) is 4.74 Å². The van der Waals surface area contributed by atoms with Gasteiger partial charge in [0, 0.05) is 19.6 Å². The van der Waals surface area contributed by atoms with Crippen LogP contribution in [0.1, 0.15) is 53.4 Å². The highest BCUT2D eigenvalue weighted by atomic mass is 16.6. The van der Waals surface area contributed by atoms with Gasteiger partial charge in [0.15, 0.2) is 0 Å². The number of ether oxygens (including phenoxy) is 1. The van der Waals surface area contributed by atoms with Crippen LogP contribution in [0.5, 0.6) is 0 Å². The molecule has 0 aromatic heterocycles. The van der Waals surface area contributed by atoms with E-state index in [1.54, 1.807) is 11.9 Å². The summed E-state index contributed by atoms with van der Waals surface area (Å²) in [7, 11) is 1.80. The van der Waals surface area contributed by atoms with Gasteiger partial charge in [-0.05, 0) is 58.9 Å². The summed E-state index contributed by atoms with van der Waals surface area (Å²) in [6, 6.07) is 0.673. The van der Waals surface area contributed by atoms with Crippen molar-refractivity contribution in [2.75, 3.05) is 20.1 Å². The number of hydrogen-bond donors (Lipinski definition) is 1. The number of rotatable bonds is 7. The third kappa shape index (κ3) is 6.81. The van der Waals surface area contributed by atoms with Crippen molar-refractivity contribution in [1.82, 2.24) is 10.2 Å². The molecule has 4 nitrogen and oxygen atoms in total. The van der Waals surface area contributed by atoms with E-state index in [9.17, 15) is 4.79 Å². The fraction of sp³-hybridized carbons (Fsp3) is 0.933. The molecule has 0 radical (unpaired) electrons. The maximum Gasteiger partial charge on any atom is 0.410 e. The summed E-state index contributed by atoms with van der Waals surface area (Å²) >= 11 is 0. The van der Waals surface area contributed by atoms with Gasteiger partial charge in [0.05, 0.1) is 0 Å². The van der Waals surface area contributed by atoms with Crippen LogP contribution in [0.15, 0.2) is 0 Å². The van der Waals surface area contributed by atoms with Crippen LogP contribution in [0.3, 0.4) is 0 Å². The molecule has 1 fully saturated rings. The molecule has 0 saturated heterocycles. The molecule has 0 spiro atoms. The van der Waals surface area contributed by atoms with Crippen LogP contribution >= 0.6 is 0 Å². The fourth-order valence-corrected chi connectivity index (χ4v) is 2.18. The predicted molar refractivity (Wildman–Crippen MR) is 78.3 cm³/mol. The molecule has 1 rings (SSSR count).